The SMILES string of the molecule is Cc1nnc2n1CC(C(=O)O)N(CC(=O)NC(c1ccccc1)C1CCCC1)C2. The average molecular weight is 397 g/mol. The van der Waals surface area contributed by atoms with Crippen LogP contribution in [0.25, 0.3) is 0 Å². The normalized spacial score (nSPS) is 20.9. The summed E-state index contributed by atoms with van der Waals surface area (Å²) < 4.78 is 1.82. The van der Waals surface area contributed by atoms with E-state index in [0.29, 0.717) is 24.1 Å². The molecule has 1 saturated carbocycles. The molecule has 1 aromatic carbocycles. The van der Waals surface area contributed by atoms with E-state index in [0.717, 1.165) is 18.4 Å². The number of carboxylic acid groups (broad SMARTS) is 1. The summed E-state index contributed by atoms with van der Waals surface area (Å²) in [4.78, 5) is 26.4. The fourth-order valence-corrected chi connectivity index (χ4v) is 4.59. The molecule has 2 aromatic rings. The number of rotatable bonds is 6. The van der Waals surface area contributed by atoms with E-state index in [1.165, 1.54) is 12.8 Å². The molecule has 0 radical (unpaired) electrons. The Morgan fingerprint density at radius 1 is 1.21 bits per heavy atom. The summed E-state index contributed by atoms with van der Waals surface area (Å²) in [6.07, 6.45) is 4.57. The number of amides is 1. The number of hydrogen-bond donors (Lipinski definition) is 2. The molecule has 0 spiro atoms. The number of carbonyl (C=O) groups is 2. The average Bonchev–Trinajstić information content (AvgIpc) is 3.36. The Bertz CT molecular complexity index is 876. The van der Waals surface area contributed by atoms with Crippen molar-refractivity contribution in [3.63, 3.8) is 0 Å². The Morgan fingerprint density at radius 3 is 2.62 bits per heavy atom. The van der Waals surface area contributed by atoms with Gasteiger partial charge in [0.05, 0.1) is 25.7 Å². The van der Waals surface area contributed by atoms with Crippen LogP contribution in [0.1, 0.15) is 48.9 Å². The second-order valence-electron chi connectivity index (χ2n) is 8.03. The maximum Gasteiger partial charge on any atom is 0.322 e. The Hall–Kier alpha value is -2.74. The van der Waals surface area contributed by atoms with Crippen molar-refractivity contribution >= 4 is 11.9 Å². The van der Waals surface area contributed by atoms with Gasteiger partial charge in [-0.25, -0.2) is 0 Å². The van der Waals surface area contributed by atoms with E-state index >= 15 is 0 Å². The van der Waals surface area contributed by atoms with Gasteiger partial charge in [-0.15, -0.1) is 10.2 Å². The lowest BCUT2D eigenvalue weighted by Crippen LogP contribution is -2.52. The predicted octanol–water partition coefficient (Wildman–Crippen LogP) is 1.90. The first-order chi connectivity index (χ1) is 14.0. The van der Waals surface area contributed by atoms with E-state index in [2.05, 4.69) is 27.6 Å². The molecule has 2 atom stereocenters. The second-order valence-corrected chi connectivity index (χ2v) is 8.03. The summed E-state index contributed by atoms with van der Waals surface area (Å²) in [6, 6.07) is 9.24. The summed E-state index contributed by atoms with van der Waals surface area (Å²) in [5.41, 5.74) is 1.11. The summed E-state index contributed by atoms with van der Waals surface area (Å²) in [6.45, 7) is 2.38. The van der Waals surface area contributed by atoms with Crippen LogP contribution in [0, 0.1) is 12.8 Å². The van der Waals surface area contributed by atoms with Crippen molar-refractivity contribution in [1.29, 1.82) is 0 Å². The van der Waals surface area contributed by atoms with Crippen molar-refractivity contribution in [3.8, 4) is 0 Å². The summed E-state index contributed by atoms with van der Waals surface area (Å²) in [5.74, 6) is 0.723. The van der Waals surface area contributed by atoms with E-state index in [9.17, 15) is 14.7 Å². The molecule has 0 saturated heterocycles. The molecule has 154 valence electrons. The Kier molecular flexibility index (Phi) is 5.62. The van der Waals surface area contributed by atoms with Crippen LogP contribution in [-0.2, 0) is 22.7 Å². The molecule has 1 fully saturated rings. The van der Waals surface area contributed by atoms with Gasteiger partial charge in [0, 0.05) is 0 Å². The van der Waals surface area contributed by atoms with Crippen molar-refractivity contribution in [3.05, 3.63) is 47.5 Å². The van der Waals surface area contributed by atoms with E-state index in [-0.39, 0.29) is 25.0 Å². The minimum absolute atomic E-state index is 0.0267. The van der Waals surface area contributed by atoms with Crippen LogP contribution >= 0.6 is 0 Å². The summed E-state index contributed by atoms with van der Waals surface area (Å²) in [7, 11) is 0. The van der Waals surface area contributed by atoms with E-state index < -0.39 is 12.0 Å². The Labute approximate surface area is 169 Å². The van der Waals surface area contributed by atoms with Gasteiger partial charge in [-0.2, -0.15) is 0 Å². The van der Waals surface area contributed by atoms with Gasteiger partial charge in [0.1, 0.15) is 17.7 Å². The molecule has 1 amide bonds. The first-order valence-corrected chi connectivity index (χ1v) is 10.2. The topological polar surface area (TPSA) is 100 Å². The third kappa shape index (κ3) is 4.17. The first kappa shape index (κ1) is 19.6. The predicted molar refractivity (Wildman–Crippen MR) is 106 cm³/mol. The lowest BCUT2D eigenvalue weighted by Gasteiger charge is -2.33. The maximum absolute atomic E-state index is 12.9. The van der Waals surface area contributed by atoms with Crippen molar-refractivity contribution < 1.29 is 14.7 Å². The monoisotopic (exact) mass is 397 g/mol. The highest BCUT2D eigenvalue weighted by atomic mass is 16.4. The zero-order chi connectivity index (χ0) is 20.4. The third-order valence-corrected chi connectivity index (χ3v) is 6.13. The molecule has 4 rings (SSSR count). The van der Waals surface area contributed by atoms with Crippen molar-refractivity contribution in [1.82, 2.24) is 25.0 Å². The molecule has 2 heterocycles. The molecule has 29 heavy (non-hydrogen) atoms. The molecular weight excluding hydrogens is 370 g/mol. The van der Waals surface area contributed by atoms with Gasteiger partial charge in [0.15, 0.2) is 0 Å². The highest BCUT2D eigenvalue weighted by molar-refractivity contribution is 5.80. The number of nitrogens with zero attached hydrogens (tertiary/aromatic N) is 4. The van der Waals surface area contributed by atoms with Crippen molar-refractivity contribution in [2.45, 2.75) is 57.8 Å². The maximum atomic E-state index is 12.9. The van der Waals surface area contributed by atoms with Gasteiger partial charge in [0.2, 0.25) is 5.91 Å². The zero-order valence-corrected chi connectivity index (χ0v) is 16.6. The molecule has 2 N–H and O–H groups in total. The molecule has 1 aliphatic carbocycles. The Morgan fingerprint density at radius 2 is 1.93 bits per heavy atom. The van der Waals surface area contributed by atoms with E-state index in [4.69, 9.17) is 0 Å². The van der Waals surface area contributed by atoms with Crippen LogP contribution in [0.2, 0.25) is 0 Å². The fraction of sp³-hybridized carbons (Fsp3) is 0.524. The molecular formula is C21H27N5O3. The largest absolute Gasteiger partial charge is 0.480 e. The number of carboxylic acids is 1. The molecule has 8 nitrogen and oxygen atoms in total. The second kappa shape index (κ2) is 8.32. The Balaban J connectivity index is 1.49. The lowest BCUT2D eigenvalue weighted by molar-refractivity contribution is -0.145. The van der Waals surface area contributed by atoms with Crippen LogP contribution < -0.4 is 5.32 Å². The van der Waals surface area contributed by atoms with Gasteiger partial charge in [-0.3, -0.25) is 14.5 Å². The molecule has 1 aliphatic heterocycles. The number of benzene rings is 1. The van der Waals surface area contributed by atoms with Gasteiger partial charge < -0.3 is 15.0 Å². The first-order valence-electron chi connectivity index (χ1n) is 10.2. The lowest BCUT2D eigenvalue weighted by atomic mass is 9.91. The fourth-order valence-electron chi connectivity index (χ4n) is 4.59. The van der Waals surface area contributed by atoms with E-state index in [1.807, 2.05) is 29.7 Å². The van der Waals surface area contributed by atoms with Crippen LogP contribution in [0.5, 0.6) is 0 Å². The van der Waals surface area contributed by atoms with Gasteiger partial charge in [0.25, 0.3) is 0 Å². The van der Waals surface area contributed by atoms with Crippen molar-refractivity contribution in [2.24, 2.45) is 5.92 Å². The molecule has 8 heteroatoms. The number of aryl methyl sites for hydroxylation is 1. The number of hydrogen-bond acceptors (Lipinski definition) is 5. The number of aliphatic carboxylic acids is 1. The highest BCUT2D eigenvalue weighted by Gasteiger charge is 2.35. The van der Waals surface area contributed by atoms with Crippen LogP contribution in [0.3, 0.4) is 0 Å². The van der Waals surface area contributed by atoms with E-state index in [1.54, 1.807) is 4.90 Å². The number of carbonyl (C=O) groups excluding carboxylic acids is 1. The summed E-state index contributed by atoms with van der Waals surface area (Å²) >= 11 is 0. The minimum atomic E-state index is -0.938. The van der Waals surface area contributed by atoms with Gasteiger partial charge >= 0.3 is 5.97 Å². The highest BCUT2D eigenvalue weighted by Crippen LogP contribution is 2.35. The van der Waals surface area contributed by atoms with Crippen LogP contribution in [0.15, 0.2) is 30.3 Å². The molecule has 2 aliphatic rings. The van der Waals surface area contributed by atoms with Crippen LogP contribution in [-0.4, -0.2) is 49.2 Å². The number of nitrogens with one attached hydrogen (secondary N) is 1. The summed E-state index contributed by atoms with van der Waals surface area (Å²) in [5, 5.41) is 21.0. The molecule has 0 bridgehead atoms. The quantitative estimate of drug-likeness (QED) is 0.772. The number of aromatic nitrogens is 3. The third-order valence-electron chi connectivity index (χ3n) is 6.13. The van der Waals surface area contributed by atoms with Crippen molar-refractivity contribution in [2.75, 3.05) is 6.54 Å². The van der Waals surface area contributed by atoms with Gasteiger partial charge in [-0.1, -0.05) is 43.2 Å². The number of fused-ring (bicyclic) bond motifs is 1. The van der Waals surface area contributed by atoms with Crippen LogP contribution in [0.4, 0.5) is 0 Å². The standard InChI is InChI=1S/C21H27N5O3/c1-14-23-24-18-12-25(17(21(28)29)11-26(14)18)13-19(27)22-20(16-9-5-6-10-16)15-7-3-2-4-8-15/h2-4,7-8,16-17,20H,5-6,9-13H2,1H3,(H,22,27)(H,28,29). The molecule has 1 aromatic heterocycles. The smallest absolute Gasteiger partial charge is 0.322 e. The molecule has 2 unspecified atom stereocenters. The van der Waals surface area contributed by atoms with Gasteiger partial charge in [-0.05, 0) is 31.2 Å². The zero-order valence-electron chi connectivity index (χ0n) is 16.6. The minimum Gasteiger partial charge on any atom is -0.480 e.